The van der Waals surface area contributed by atoms with Crippen molar-refractivity contribution < 1.29 is 13.2 Å². The second-order valence-corrected chi connectivity index (χ2v) is 8.36. The third-order valence-electron chi connectivity index (χ3n) is 2.67. The Morgan fingerprint density at radius 2 is 1.86 bits per heavy atom. The zero-order chi connectivity index (χ0) is 15.3. The Hall–Kier alpha value is -1.37. The lowest BCUT2D eigenvalue weighted by Gasteiger charge is -2.06. The monoisotopic (exact) mass is 343 g/mol. The van der Waals surface area contributed by atoms with Crippen LogP contribution < -0.4 is 5.32 Å². The molecule has 0 spiro atoms. The molecule has 0 saturated carbocycles. The minimum atomic E-state index is -3.49. The molecule has 4 nitrogen and oxygen atoms in total. The molecule has 0 aliphatic carbocycles. The SMILES string of the molecule is O=C(CS(=O)(=O)Cc1ccc(Cl)s1)NCc1ccccc1. The molecule has 1 aromatic carbocycles. The highest BCUT2D eigenvalue weighted by Crippen LogP contribution is 2.23. The summed E-state index contributed by atoms with van der Waals surface area (Å²) in [4.78, 5) is 12.3. The molecule has 112 valence electrons. The largest absolute Gasteiger partial charge is 0.351 e. The maximum absolute atomic E-state index is 11.9. The number of benzene rings is 1. The number of hydrogen-bond donors (Lipinski definition) is 1. The number of hydrogen-bond acceptors (Lipinski definition) is 4. The van der Waals surface area contributed by atoms with Gasteiger partial charge in [0.15, 0.2) is 9.84 Å². The van der Waals surface area contributed by atoms with Crippen LogP contribution >= 0.6 is 22.9 Å². The highest BCUT2D eigenvalue weighted by molar-refractivity contribution is 7.91. The third kappa shape index (κ3) is 5.49. The zero-order valence-electron chi connectivity index (χ0n) is 11.1. The van der Waals surface area contributed by atoms with Crippen molar-refractivity contribution in [2.24, 2.45) is 0 Å². The molecule has 1 amide bonds. The third-order valence-corrected chi connectivity index (χ3v) is 5.54. The summed E-state index contributed by atoms with van der Waals surface area (Å²) in [5, 5.41) is 2.61. The Morgan fingerprint density at radius 3 is 2.48 bits per heavy atom. The van der Waals surface area contributed by atoms with E-state index in [0.29, 0.717) is 15.8 Å². The van der Waals surface area contributed by atoms with Gasteiger partial charge in [0.1, 0.15) is 5.75 Å². The Bertz CT molecular complexity index is 711. The van der Waals surface area contributed by atoms with Gasteiger partial charge in [-0.15, -0.1) is 11.3 Å². The maximum atomic E-state index is 11.9. The van der Waals surface area contributed by atoms with Crippen molar-refractivity contribution in [3.8, 4) is 0 Å². The second-order valence-electron chi connectivity index (χ2n) is 4.50. The predicted molar refractivity (Wildman–Crippen MR) is 85.1 cm³/mol. The molecular weight excluding hydrogens is 330 g/mol. The van der Waals surface area contributed by atoms with Crippen LogP contribution in [0.3, 0.4) is 0 Å². The topological polar surface area (TPSA) is 63.2 Å². The predicted octanol–water partition coefficient (Wildman–Crippen LogP) is 2.63. The lowest BCUT2D eigenvalue weighted by Crippen LogP contribution is -2.30. The molecule has 1 N–H and O–H groups in total. The normalized spacial score (nSPS) is 11.3. The number of thiophene rings is 1. The van der Waals surface area contributed by atoms with Gasteiger partial charge in [-0.05, 0) is 17.7 Å². The van der Waals surface area contributed by atoms with Crippen LogP contribution in [0.15, 0.2) is 42.5 Å². The van der Waals surface area contributed by atoms with Crippen molar-refractivity contribution in [3.63, 3.8) is 0 Å². The summed E-state index contributed by atoms with van der Waals surface area (Å²) in [6.45, 7) is 0.319. The first-order chi connectivity index (χ1) is 9.94. The molecule has 0 fully saturated rings. The van der Waals surface area contributed by atoms with E-state index in [1.807, 2.05) is 30.3 Å². The molecule has 7 heteroatoms. The standard InChI is InChI=1S/C14H14ClNO3S2/c15-13-7-6-12(20-13)9-21(18,19)10-14(17)16-8-11-4-2-1-3-5-11/h1-7H,8-10H2,(H,16,17). The van der Waals surface area contributed by atoms with E-state index < -0.39 is 21.5 Å². The van der Waals surface area contributed by atoms with Gasteiger partial charge in [-0.1, -0.05) is 41.9 Å². The van der Waals surface area contributed by atoms with Gasteiger partial charge in [-0.25, -0.2) is 8.42 Å². The minimum absolute atomic E-state index is 0.164. The summed E-state index contributed by atoms with van der Waals surface area (Å²) < 4.78 is 24.4. The van der Waals surface area contributed by atoms with E-state index >= 15 is 0 Å². The van der Waals surface area contributed by atoms with Crippen molar-refractivity contribution in [1.82, 2.24) is 5.32 Å². The fourth-order valence-electron chi connectivity index (χ4n) is 1.74. The number of carbonyl (C=O) groups excluding carboxylic acids is 1. The summed E-state index contributed by atoms with van der Waals surface area (Å²) in [6, 6.07) is 12.6. The van der Waals surface area contributed by atoms with Crippen LogP contribution in [0.25, 0.3) is 0 Å². The number of sulfone groups is 1. The molecular formula is C14H14ClNO3S2. The van der Waals surface area contributed by atoms with Crippen LogP contribution in [0.5, 0.6) is 0 Å². The molecule has 0 atom stereocenters. The fraction of sp³-hybridized carbons (Fsp3) is 0.214. The van der Waals surface area contributed by atoms with Gasteiger partial charge in [-0.3, -0.25) is 4.79 Å². The van der Waals surface area contributed by atoms with Crippen molar-refractivity contribution in [1.29, 1.82) is 0 Å². The average molecular weight is 344 g/mol. The Balaban J connectivity index is 1.86. The molecule has 0 aliphatic heterocycles. The van der Waals surface area contributed by atoms with Gasteiger partial charge >= 0.3 is 0 Å². The number of carbonyl (C=O) groups is 1. The first kappa shape index (κ1) is 16.0. The van der Waals surface area contributed by atoms with E-state index in [1.165, 1.54) is 11.3 Å². The van der Waals surface area contributed by atoms with Crippen molar-refractivity contribution in [2.75, 3.05) is 5.75 Å². The van der Waals surface area contributed by atoms with Crippen LogP contribution in [0.2, 0.25) is 4.34 Å². The first-order valence-corrected chi connectivity index (χ1v) is 9.21. The lowest BCUT2D eigenvalue weighted by atomic mass is 10.2. The van der Waals surface area contributed by atoms with Gasteiger partial charge in [0.05, 0.1) is 10.1 Å². The van der Waals surface area contributed by atoms with Crippen molar-refractivity contribution in [3.05, 3.63) is 57.2 Å². The van der Waals surface area contributed by atoms with Gasteiger partial charge < -0.3 is 5.32 Å². The molecule has 2 rings (SSSR count). The van der Waals surface area contributed by atoms with E-state index in [2.05, 4.69) is 5.32 Å². The maximum Gasteiger partial charge on any atom is 0.235 e. The van der Waals surface area contributed by atoms with Crippen LogP contribution in [0.4, 0.5) is 0 Å². The molecule has 0 unspecified atom stereocenters. The smallest absolute Gasteiger partial charge is 0.235 e. The van der Waals surface area contributed by atoms with E-state index in [-0.39, 0.29) is 5.75 Å². The molecule has 1 heterocycles. The minimum Gasteiger partial charge on any atom is -0.351 e. The Kier molecular flexibility index (Phi) is 5.39. The van der Waals surface area contributed by atoms with E-state index in [0.717, 1.165) is 5.56 Å². The summed E-state index contributed by atoms with van der Waals surface area (Å²) >= 11 is 6.96. The molecule has 0 bridgehead atoms. The molecule has 21 heavy (non-hydrogen) atoms. The average Bonchev–Trinajstić information content (AvgIpc) is 2.81. The highest BCUT2D eigenvalue weighted by atomic mass is 35.5. The highest BCUT2D eigenvalue weighted by Gasteiger charge is 2.18. The van der Waals surface area contributed by atoms with E-state index in [9.17, 15) is 13.2 Å². The van der Waals surface area contributed by atoms with Gasteiger partial charge in [0.25, 0.3) is 0 Å². The summed E-state index contributed by atoms with van der Waals surface area (Å²) in [5.74, 6) is -1.18. The first-order valence-electron chi connectivity index (χ1n) is 6.20. The van der Waals surface area contributed by atoms with E-state index in [1.54, 1.807) is 12.1 Å². The van der Waals surface area contributed by atoms with Gasteiger partial charge in [0.2, 0.25) is 5.91 Å². The summed E-state index contributed by atoms with van der Waals surface area (Å²) in [5.41, 5.74) is 0.924. The zero-order valence-corrected chi connectivity index (χ0v) is 13.5. The van der Waals surface area contributed by atoms with Crippen LogP contribution in [-0.2, 0) is 26.9 Å². The molecule has 1 aromatic heterocycles. The number of amides is 1. The quantitative estimate of drug-likeness (QED) is 0.877. The van der Waals surface area contributed by atoms with Crippen molar-refractivity contribution in [2.45, 2.75) is 12.3 Å². The lowest BCUT2D eigenvalue weighted by molar-refractivity contribution is -0.118. The molecule has 0 saturated heterocycles. The number of halogens is 1. The Labute approximate surface area is 132 Å². The Morgan fingerprint density at radius 1 is 1.14 bits per heavy atom. The van der Waals surface area contributed by atoms with Gasteiger partial charge in [-0.2, -0.15) is 0 Å². The molecule has 0 aliphatic rings. The number of rotatable bonds is 6. The van der Waals surface area contributed by atoms with Crippen LogP contribution in [0, 0.1) is 0 Å². The van der Waals surface area contributed by atoms with Gasteiger partial charge in [0, 0.05) is 11.4 Å². The number of nitrogens with one attached hydrogen (secondary N) is 1. The molecule has 2 aromatic rings. The van der Waals surface area contributed by atoms with Crippen LogP contribution in [-0.4, -0.2) is 20.1 Å². The van der Waals surface area contributed by atoms with Crippen LogP contribution in [0.1, 0.15) is 10.4 Å². The second kappa shape index (κ2) is 7.06. The summed E-state index contributed by atoms with van der Waals surface area (Å²) in [6.07, 6.45) is 0. The molecule has 0 radical (unpaired) electrons. The van der Waals surface area contributed by atoms with E-state index in [4.69, 9.17) is 11.6 Å². The fourth-order valence-corrected chi connectivity index (χ4v) is 4.53. The van der Waals surface area contributed by atoms with Crippen molar-refractivity contribution >= 4 is 38.7 Å². The summed E-state index contributed by atoms with van der Waals surface area (Å²) in [7, 11) is -3.49.